The van der Waals surface area contributed by atoms with Crippen LogP contribution in [-0.2, 0) is 6.54 Å². The molecule has 0 aliphatic carbocycles. The molecule has 7 heteroatoms. The lowest BCUT2D eigenvalue weighted by atomic mass is 10.2. The zero-order chi connectivity index (χ0) is 15.6. The van der Waals surface area contributed by atoms with E-state index in [1.807, 2.05) is 6.20 Å². The lowest BCUT2D eigenvalue weighted by molar-refractivity contribution is 0.643. The molecule has 1 aliphatic heterocycles. The van der Waals surface area contributed by atoms with Gasteiger partial charge in [0.25, 0.3) is 0 Å². The van der Waals surface area contributed by atoms with E-state index in [9.17, 15) is 0 Å². The molecule has 6 nitrogen and oxygen atoms in total. The Morgan fingerprint density at radius 3 is 3.17 bits per heavy atom. The number of hydrogen-bond donors (Lipinski definition) is 0. The Labute approximate surface area is 138 Å². The minimum Gasteiger partial charge on any atom is -0.348 e. The molecule has 4 heterocycles. The largest absolute Gasteiger partial charge is 0.348 e. The first-order chi connectivity index (χ1) is 11.4. The third-order valence-electron chi connectivity index (χ3n) is 4.24. The van der Waals surface area contributed by atoms with Crippen molar-refractivity contribution < 1.29 is 0 Å². The van der Waals surface area contributed by atoms with E-state index in [1.165, 1.54) is 4.88 Å². The maximum atomic E-state index is 8.77. The van der Waals surface area contributed by atoms with E-state index in [0.717, 1.165) is 36.2 Å². The van der Waals surface area contributed by atoms with Gasteiger partial charge < -0.3 is 4.90 Å². The normalized spacial score (nSPS) is 17.7. The Hall–Kier alpha value is -2.46. The van der Waals surface area contributed by atoms with Crippen LogP contribution in [0.3, 0.4) is 0 Å². The molecule has 0 aromatic carbocycles. The fraction of sp³-hybridized carbons (Fsp3) is 0.375. The topological polar surface area (TPSA) is 70.6 Å². The summed E-state index contributed by atoms with van der Waals surface area (Å²) in [5.41, 5.74) is 0.807. The minimum atomic E-state index is 0.385. The number of aromatic nitrogens is 4. The number of anilines is 1. The molecule has 0 N–H and O–H groups in total. The molecular weight excluding hydrogens is 308 g/mol. The van der Waals surface area contributed by atoms with Gasteiger partial charge in [0.1, 0.15) is 12.1 Å². The van der Waals surface area contributed by atoms with E-state index < -0.39 is 0 Å². The molecule has 0 bridgehead atoms. The van der Waals surface area contributed by atoms with E-state index in [2.05, 4.69) is 43.5 Å². The highest BCUT2D eigenvalue weighted by molar-refractivity contribution is 7.10. The van der Waals surface area contributed by atoms with Gasteiger partial charge in [-0.15, -0.1) is 11.3 Å². The molecule has 4 rings (SSSR count). The highest BCUT2D eigenvalue weighted by Gasteiger charge is 2.29. The zero-order valence-electron chi connectivity index (χ0n) is 12.6. The summed E-state index contributed by atoms with van der Waals surface area (Å²) in [5, 5.41) is 16.3. The molecule has 23 heavy (non-hydrogen) atoms. The van der Waals surface area contributed by atoms with Crippen molar-refractivity contribution in [3.8, 4) is 6.07 Å². The van der Waals surface area contributed by atoms with Crippen LogP contribution < -0.4 is 4.90 Å². The SMILES string of the molecule is N#CCCn1ncc2c(N3CCCC3c3cccs3)ncnc21. The van der Waals surface area contributed by atoms with Crippen LogP contribution in [-0.4, -0.2) is 26.3 Å². The summed E-state index contributed by atoms with van der Waals surface area (Å²) < 4.78 is 1.79. The molecule has 116 valence electrons. The second kappa shape index (κ2) is 5.97. The van der Waals surface area contributed by atoms with Gasteiger partial charge in [-0.25, -0.2) is 14.6 Å². The van der Waals surface area contributed by atoms with E-state index in [0.29, 0.717) is 19.0 Å². The summed E-state index contributed by atoms with van der Waals surface area (Å²) in [4.78, 5) is 12.7. The van der Waals surface area contributed by atoms with Crippen molar-refractivity contribution in [3.05, 3.63) is 34.9 Å². The standard InChI is InChI=1S/C16H16N6S/c17-6-3-8-22-16-12(10-20-22)15(18-11-19-16)21-7-1-4-13(21)14-5-2-9-23-14/h2,5,9-11,13H,1,3-4,7-8H2. The van der Waals surface area contributed by atoms with Crippen molar-refractivity contribution in [2.75, 3.05) is 11.4 Å². The van der Waals surface area contributed by atoms with Crippen LogP contribution >= 0.6 is 11.3 Å². The van der Waals surface area contributed by atoms with Crippen LogP contribution in [0, 0.1) is 11.3 Å². The molecule has 1 aliphatic rings. The van der Waals surface area contributed by atoms with E-state index >= 15 is 0 Å². The summed E-state index contributed by atoms with van der Waals surface area (Å²) in [7, 11) is 0. The molecular formula is C16H16N6S. The zero-order valence-corrected chi connectivity index (χ0v) is 13.4. The summed E-state index contributed by atoms with van der Waals surface area (Å²) in [6.07, 6.45) is 6.17. The monoisotopic (exact) mass is 324 g/mol. The van der Waals surface area contributed by atoms with Gasteiger partial charge in [0.2, 0.25) is 0 Å². The first-order valence-electron chi connectivity index (χ1n) is 7.72. The predicted octanol–water partition coefficient (Wildman–Crippen LogP) is 3.14. The van der Waals surface area contributed by atoms with Crippen molar-refractivity contribution in [2.45, 2.75) is 31.8 Å². The molecule has 1 unspecified atom stereocenters. The summed E-state index contributed by atoms with van der Waals surface area (Å²) >= 11 is 1.80. The van der Waals surface area contributed by atoms with E-state index in [4.69, 9.17) is 5.26 Å². The number of rotatable bonds is 4. The van der Waals surface area contributed by atoms with Crippen LogP contribution in [0.1, 0.15) is 30.2 Å². The Balaban J connectivity index is 1.74. The summed E-state index contributed by atoms with van der Waals surface area (Å²) in [6, 6.07) is 6.84. The molecule has 0 spiro atoms. The molecule has 3 aromatic rings. The van der Waals surface area contributed by atoms with Gasteiger partial charge in [-0.3, -0.25) is 0 Å². The highest BCUT2D eigenvalue weighted by Crippen LogP contribution is 2.39. The number of nitriles is 1. The molecule has 1 fully saturated rings. The molecule has 1 saturated heterocycles. The molecule has 0 radical (unpaired) electrons. The molecule has 1 atom stereocenters. The third-order valence-corrected chi connectivity index (χ3v) is 5.22. The van der Waals surface area contributed by atoms with Gasteiger partial charge in [0.15, 0.2) is 5.65 Å². The second-order valence-electron chi connectivity index (χ2n) is 5.58. The predicted molar refractivity (Wildman–Crippen MR) is 89.2 cm³/mol. The van der Waals surface area contributed by atoms with E-state index in [-0.39, 0.29) is 0 Å². The van der Waals surface area contributed by atoms with Crippen LogP contribution in [0.25, 0.3) is 11.0 Å². The molecule has 3 aromatic heterocycles. The van der Waals surface area contributed by atoms with Crippen LogP contribution in [0.2, 0.25) is 0 Å². The van der Waals surface area contributed by atoms with Gasteiger partial charge >= 0.3 is 0 Å². The maximum Gasteiger partial charge on any atom is 0.163 e. The average molecular weight is 324 g/mol. The number of nitrogens with zero attached hydrogens (tertiary/aromatic N) is 6. The van der Waals surface area contributed by atoms with Crippen LogP contribution in [0.4, 0.5) is 5.82 Å². The Morgan fingerprint density at radius 1 is 1.39 bits per heavy atom. The second-order valence-corrected chi connectivity index (χ2v) is 6.56. The highest BCUT2D eigenvalue weighted by atomic mass is 32.1. The van der Waals surface area contributed by atoms with Gasteiger partial charge in [-0.1, -0.05) is 6.07 Å². The van der Waals surface area contributed by atoms with Crippen molar-refractivity contribution in [3.63, 3.8) is 0 Å². The first kappa shape index (κ1) is 14.2. The quantitative estimate of drug-likeness (QED) is 0.737. The van der Waals surface area contributed by atoms with Crippen molar-refractivity contribution >= 4 is 28.2 Å². The third kappa shape index (κ3) is 2.45. The number of thiophene rings is 1. The minimum absolute atomic E-state index is 0.385. The summed E-state index contributed by atoms with van der Waals surface area (Å²) in [5.74, 6) is 0.953. The van der Waals surface area contributed by atoms with Crippen molar-refractivity contribution in [1.82, 2.24) is 19.7 Å². The Kier molecular flexibility index (Phi) is 3.67. The molecule has 0 saturated carbocycles. The van der Waals surface area contributed by atoms with Gasteiger partial charge in [0, 0.05) is 11.4 Å². The lowest BCUT2D eigenvalue weighted by Gasteiger charge is -2.25. The number of fused-ring (bicyclic) bond motifs is 1. The van der Waals surface area contributed by atoms with Crippen LogP contribution in [0.5, 0.6) is 0 Å². The number of hydrogen-bond acceptors (Lipinski definition) is 6. The van der Waals surface area contributed by atoms with Gasteiger partial charge in [-0.05, 0) is 24.3 Å². The fourth-order valence-corrected chi connectivity index (χ4v) is 4.10. The molecule has 0 amide bonds. The maximum absolute atomic E-state index is 8.77. The summed E-state index contributed by atoms with van der Waals surface area (Å²) in [6.45, 7) is 1.56. The first-order valence-corrected chi connectivity index (χ1v) is 8.60. The van der Waals surface area contributed by atoms with E-state index in [1.54, 1.807) is 22.3 Å². The average Bonchev–Trinajstić information content (AvgIpc) is 3.31. The Morgan fingerprint density at radius 2 is 2.35 bits per heavy atom. The van der Waals surface area contributed by atoms with Crippen molar-refractivity contribution in [1.29, 1.82) is 5.26 Å². The number of aryl methyl sites for hydroxylation is 1. The van der Waals surface area contributed by atoms with Crippen LogP contribution in [0.15, 0.2) is 30.0 Å². The smallest absolute Gasteiger partial charge is 0.163 e. The lowest BCUT2D eigenvalue weighted by Crippen LogP contribution is -2.23. The van der Waals surface area contributed by atoms with Gasteiger partial charge in [0.05, 0.1) is 36.7 Å². The fourth-order valence-electron chi connectivity index (χ4n) is 3.23. The van der Waals surface area contributed by atoms with Gasteiger partial charge in [-0.2, -0.15) is 10.4 Å². The van der Waals surface area contributed by atoms with Crippen molar-refractivity contribution in [2.24, 2.45) is 0 Å². The Bertz CT molecular complexity index is 847.